The summed E-state index contributed by atoms with van der Waals surface area (Å²) >= 11 is 20.5. The van der Waals surface area contributed by atoms with E-state index in [1.54, 1.807) is 54.6 Å². The molecular weight excluding hydrogens is 398 g/mol. The second-order valence-electron chi connectivity index (χ2n) is 4.01. The van der Waals surface area contributed by atoms with Crippen LogP contribution in [0.15, 0.2) is 60.7 Å². The number of phenols is 1. The number of esters is 1. The van der Waals surface area contributed by atoms with Gasteiger partial charge in [0.05, 0.1) is 0 Å². The largest absolute Gasteiger partial charge is 0.508 e. The number of hydrogen-bond acceptors (Lipinski definition) is 4. The number of carbonyl (C=O) groups excluding carboxylic acids is 2. The van der Waals surface area contributed by atoms with Crippen molar-refractivity contribution in [3.63, 3.8) is 0 Å². The van der Waals surface area contributed by atoms with Crippen LogP contribution in [-0.2, 0) is 9.59 Å². The van der Waals surface area contributed by atoms with Gasteiger partial charge in [-0.1, -0.05) is 71.2 Å². The smallest absolute Gasteiger partial charge is 0.363 e. The van der Waals surface area contributed by atoms with Crippen LogP contribution in [0.4, 0.5) is 0 Å². The molecule has 0 radical (unpaired) electrons. The topological polar surface area (TPSA) is 63.6 Å². The first-order chi connectivity index (χ1) is 11.1. The Kier molecular flexibility index (Phi) is 11.3. The summed E-state index contributed by atoms with van der Waals surface area (Å²) < 4.78 is 2.71. The number of alkyl halides is 3. The van der Waals surface area contributed by atoms with E-state index in [0.717, 1.165) is 0 Å². The zero-order chi connectivity index (χ0) is 18.6. The van der Waals surface area contributed by atoms with Crippen molar-refractivity contribution in [3.8, 4) is 11.5 Å². The molecule has 0 fully saturated rings. The summed E-state index contributed by atoms with van der Waals surface area (Å²) in [5, 5.41) is 8.27. The lowest BCUT2D eigenvalue weighted by molar-refractivity contribution is -0.133. The number of ether oxygens (including phenoxy) is 1. The third-order valence-electron chi connectivity index (χ3n) is 1.94. The highest BCUT2D eigenvalue weighted by atomic mass is 35.6. The first kappa shape index (κ1) is 22.5. The molecule has 0 spiro atoms. The van der Waals surface area contributed by atoms with Gasteiger partial charge in [-0.15, -0.1) is 0 Å². The third-order valence-corrected chi connectivity index (χ3v) is 2.40. The monoisotopic (exact) mass is 410 g/mol. The number of rotatable bonds is 1. The Balaban J connectivity index is 0.000000401. The van der Waals surface area contributed by atoms with E-state index in [-0.39, 0.29) is 5.24 Å². The van der Waals surface area contributed by atoms with Crippen molar-refractivity contribution in [1.82, 2.24) is 0 Å². The first-order valence-electron chi connectivity index (χ1n) is 6.37. The zero-order valence-electron chi connectivity index (χ0n) is 12.5. The average Bonchev–Trinajstić information content (AvgIpc) is 2.48. The van der Waals surface area contributed by atoms with Gasteiger partial charge in [-0.2, -0.15) is 0 Å². The maximum Gasteiger partial charge on any atom is 0.363 e. The van der Waals surface area contributed by atoms with E-state index in [9.17, 15) is 9.59 Å². The van der Waals surface area contributed by atoms with Gasteiger partial charge < -0.3 is 9.84 Å². The molecule has 0 unspecified atom stereocenters. The second kappa shape index (κ2) is 12.0. The minimum atomic E-state index is -2.03. The summed E-state index contributed by atoms with van der Waals surface area (Å²) in [4.78, 5) is 20.2. The highest BCUT2D eigenvalue weighted by molar-refractivity contribution is 6.75. The summed E-state index contributed by atoms with van der Waals surface area (Å²) in [7, 11) is 0. The van der Waals surface area contributed by atoms with Gasteiger partial charge in [0.1, 0.15) is 11.5 Å². The molecule has 1 N–H and O–H groups in total. The fourth-order valence-electron chi connectivity index (χ4n) is 1.08. The Morgan fingerprint density at radius 3 is 1.58 bits per heavy atom. The molecule has 2 aromatic rings. The van der Waals surface area contributed by atoms with E-state index >= 15 is 0 Å². The van der Waals surface area contributed by atoms with Gasteiger partial charge in [-0.25, -0.2) is 4.79 Å². The van der Waals surface area contributed by atoms with E-state index < -0.39 is 9.76 Å². The lowest BCUT2D eigenvalue weighted by Crippen LogP contribution is -2.24. The van der Waals surface area contributed by atoms with E-state index in [1.165, 1.54) is 6.92 Å². The standard InChI is InChI=1S/C8H5Cl3O2.C6H6O.C2H3ClO/c9-8(10,11)7(12)13-6-4-2-1-3-5-6;7-6-4-2-1-3-5-6;1-2(3)4/h1-5H;1-5,7H;1H3. The van der Waals surface area contributed by atoms with Crippen LogP contribution in [-0.4, -0.2) is 20.1 Å². The SMILES string of the molecule is CC(=O)Cl.O=C(Oc1ccccc1)C(Cl)(Cl)Cl.Oc1ccccc1. The minimum Gasteiger partial charge on any atom is -0.508 e. The minimum absolute atomic E-state index is 0.322. The Morgan fingerprint density at radius 2 is 1.29 bits per heavy atom. The summed E-state index contributed by atoms with van der Waals surface area (Å²) in [5.74, 6) is -0.245. The molecule has 0 aliphatic heterocycles. The van der Waals surface area contributed by atoms with Gasteiger partial charge in [0.2, 0.25) is 5.24 Å². The van der Waals surface area contributed by atoms with E-state index in [4.69, 9.17) is 44.6 Å². The quantitative estimate of drug-likeness (QED) is 0.306. The van der Waals surface area contributed by atoms with Crippen molar-refractivity contribution in [2.75, 3.05) is 0 Å². The molecule has 0 aliphatic rings. The molecule has 8 heteroatoms. The van der Waals surface area contributed by atoms with Crippen molar-refractivity contribution in [1.29, 1.82) is 0 Å². The number of benzene rings is 2. The molecule has 130 valence electrons. The maximum atomic E-state index is 11.0. The van der Waals surface area contributed by atoms with Crippen LogP contribution in [0, 0.1) is 0 Å². The van der Waals surface area contributed by atoms with Gasteiger partial charge >= 0.3 is 5.97 Å². The van der Waals surface area contributed by atoms with Crippen molar-refractivity contribution in [2.24, 2.45) is 0 Å². The lowest BCUT2D eigenvalue weighted by Gasteiger charge is -2.09. The molecule has 4 nitrogen and oxygen atoms in total. The highest BCUT2D eigenvalue weighted by Crippen LogP contribution is 2.28. The van der Waals surface area contributed by atoms with Crippen molar-refractivity contribution in [2.45, 2.75) is 10.7 Å². The summed E-state index contributed by atoms with van der Waals surface area (Å²) in [5.41, 5.74) is 0. The highest BCUT2D eigenvalue weighted by Gasteiger charge is 2.33. The number of para-hydroxylation sites is 2. The Bertz CT molecular complexity index is 609. The molecule has 0 heterocycles. The first-order valence-corrected chi connectivity index (χ1v) is 7.88. The van der Waals surface area contributed by atoms with Crippen molar-refractivity contribution >= 4 is 57.6 Å². The molecule has 0 aromatic heterocycles. The van der Waals surface area contributed by atoms with Gasteiger partial charge in [0.25, 0.3) is 3.79 Å². The molecule has 0 atom stereocenters. The molecule has 2 rings (SSSR count). The summed E-state index contributed by atoms with van der Waals surface area (Å²) in [6.45, 7) is 1.29. The van der Waals surface area contributed by atoms with Crippen LogP contribution in [0.25, 0.3) is 0 Å². The fraction of sp³-hybridized carbons (Fsp3) is 0.125. The van der Waals surface area contributed by atoms with Gasteiger partial charge in [0.15, 0.2) is 0 Å². The zero-order valence-corrected chi connectivity index (χ0v) is 15.5. The number of phenolic OH excluding ortho intramolecular Hbond substituents is 1. The van der Waals surface area contributed by atoms with E-state index in [0.29, 0.717) is 11.5 Å². The number of aromatic hydroxyl groups is 1. The molecule has 0 saturated carbocycles. The molecular formula is C16H14Cl4O4. The van der Waals surface area contributed by atoms with Crippen LogP contribution in [0.3, 0.4) is 0 Å². The molecule has 0 saturated heterocycles. The van der Waals surface area contributed by atoms with Crippen molar-refractivity contribution < 1.29 is 19.4 Å². The van der Waals surface area contributed by atoms with Crippen molar-refractivity contribution in [3.05, 3.63) is 60.7 Å². The summed E-state index contributed by atoms with van der Waals surface area (Å²) in [6.07, 6.45) is 0. The Labute approximate surface area is 159 Å². The molecule has 0 bridgehead atoms. The van der Waals surface area contributed by atoms with Crippen LogP contribution in [0.1, 0.15) is 6.92 Å². The molecule has 2 aromatic carbocycles. The van der Waals surface area contributed by atoms with Crippen LogP contribution < -0.4 is 4.74 Å². The lowest BCUT2D eigenvalue weighted by atomic mass is 10.3. The normalized spacial score (nSPS) is 9.54. The van der Waals surface area contributed by atoms with Gasteiger partial charge in [-0.05, 0) is 35.9 Å². The number of carbonyl (C=O) groups is 2. The average molecular weight is 412 g/mol. The van der Waals surface area contributed by atoms with Crippen LogP contribution in [0.5, 0.6) is 11.5 Å². The van der Waals surface area contributed by atoms with Crippen LogP contribution >= 0.6 is 46.4 Å². The van der Waals surface area contributed by atoms with Gasteiger partial charge in [-0.3, -0.25) is 4.79 Å². The predicted molar refractivity (Wildman–Crippen MR) is 97.0 cm³/mol. The third kappa shape index (κ3) is 13.0. The fourth-order valence-corrected chi connectivity index (χ4v) is 1.20. The van der Waals surface area contributed by atoms with Gasteiger partial charge in [0, 0.05) is 6.92 Å². The Morgan fingerprint density at radius 1 is 0.917 bits per heavy atom. The van der Waals surface area contributed by atoms with E-state index in [2.05, 4.69) is 11.6 Å². The Hall–Kier alpha value is -1.46. The summed E-state index contributed by atoms with van der Waals surface area (Å²) in [6, 6.07) is 17.1. The second-order valence-corrected chi connectivity index (χ2v) is 6.82. The number of hydrogen-bond donors (Lipinski definition) is 1. The maximum absolute atomic E-state index is 11.0. The van der Waals surface area contributed by atoms with Crippen LogP contribution in [0.2, 0.25) is 0 Å². The number of halogens is 4. The molecule has 0 amide bonds. The van der Waals surface area contributed by atoms with E-state index in [1.807, 2.05) is 6.07 Å². The predicted octanol–water partition coefficient (Wildman–Crippen LogP) is 5.13. The molecule has 24 heavy (non-hydrogen) atoms. The molecule has 0 aliphatic carbocycles.